The first-order chi connectivity index (χ1) is 9.95. The minimum atomic E-state index is -0.281. The molecule has 0 heterocycles. The third-order valence-corrected chi connectivity index (χ3v) is 4.29. The fourth-order valence-corrected chi connectivity index (χ4v) is 3.55. The molecule has 0 bridgehead atoms. The largest absolute Gasteiger partial charge is 0.506 e. The van der Waals surface area contributed by atoms with E-state index in [9.17, 15) is 14.7 Å². The average molecular weight is 517 g/mol. The quantitative estimate of drug-likeness (QED) is 0.332. The molecule has 1 amide bonds. The third kappa shape index (κ3) is 6.37. The van der Waals surface area contributed by atoms with Crippen molar-refractivity contribution in [3.63, 3.8) is 0 Å². The van der Waals surface area contributed by atoms with Crippen molar-refractivity contribution in [2.75, 3.05) is 13.7 Å². The van der Waals surface area contributed by atoms with Crippen molar-refractivity contribution in [3.8, 4) is 5.75 Å². The summed E-state index contributed by atoms with van der Waals surface area (Å²) in [6, 6.07) is 3.46. The molecule has 0 aromatic heterocycles. The van der Waals surface area contributed by atoms with Gasteiger partial charge in [0, 0.05) is 16.5 Å². The van der Waals surface area contributed by atoms with Crippen molar-refractivity contribution >= 4 is 57.1 Å². The monoisotopic (exact) mass is 517 g/mol. The lowest BCUT2D eigenvalue weighted by molar-refractivity contribution is -0.140. The first-order valence-electron chi connectivity index (χ1n) is 6.48. The number of hydrogen-bond acceptors (Lipinski definition) is 4. The highest BCUT2D eigenvalue weighted by molar-refractivity contribution is 14.1. The number of hydrogen-bond donors (Lipinski definition) is 2. The zero-order valence-electron chi connectivity index (χ0n) is 11.6. The van der Waals surface area contributed by atoms with Crippen molar-refractivity contribution < 1.29 is 19.4 Å². The Balaban J connectivity index is 2.36. The van der Waals surface area contributed by atoms with Gasteiger partial charge in [0.05, 0.1) is 16.2 Å². The lowest BCUT2D eigenvalue weighted by Gasteiger charge is -2.08. The third-order valence-electron chi connectivity index (χ3n) is 2.84. The number of methoxy groups -OCH3 is 1. The average Bonchev–Trinajstić information content (AvgIpc) is 2.45. The van der Waals surface area contributed by atoms with E-state index in [2.05, 4.69) is 32.6 Å². The lowest BCUT2D eigenvalue weighted by atomic mass is 10.1. The minimum absolute atomic E-state index is 0.0132. The summed E-state index contributed by atoms with van der Waals surface area (Å²) in [5.41, 5.74) is 0.292. The lowest BCUT2D eigenvalue weighted by Crippen LogP contribution is -2.24. The molecular formula is C14H17I2NO4. The van der Waals surface area contributed by atoms with Crippen LogP contribution in [0, 0.1) is 7.14 Å². The normalized spacial score (nSPS) is 10.2. The van der Waals surface area contributed by atoms with Gasteiger partial charge in [-0.1, -0.05) is 6.42 Å². The molecule has 1 aromatic carbocycles. The first kappa shape index (κ1) is 18.5. The molecule has 7 heteroatoms. The topological polar surface area (TPSA) is 75.6 Å². The van der Waals surface area contributed by atoms with Crippen LogP contribution in [0.25, 0.3) is 0 Å². The summed E-state index contributed by atoms with van der Waals surface area (Å²) in [5.74, 6) is -0.478. The van der Waals surface area contributed by atoms with Crippen LogP contribution in [-0.4, -0.2) is 30.6 Å². The number of aromatic hydroxyl groups is 1. The Kier molecular flexibility index (Phi) is 8.30. The van der Waals surface area contributed by atoms with Crippen LogP contribution < -0.4 is 5.32 Å². The maximum Gasteiger partial charge on any atom is 0.305 e. The van der Waals surface area contributed by atoms with Gasteiger partial charge < -0.3 is 15.2 Å². The van der Waals surface area contributed by atoms with E-state index in [0.29, 0.717) is 22.1 Å². The van der Waals surface area contributed by atoms with Gasteiger partial charge >= 0.3 is 5.97 Å². The summed E-state index contributed by atoms with van der Waals surface area (Å²) in [7, 11) is 1.37. The number of phenols is 1. The Bertz CT molecular complexity index is 520. The molecule has 116 valence electrons. The molecule has 2 N–H and O–H groups in total. The van der Waals surface area contributed by atoms with Gasteiger partial charge in [-0.2, -0.15) is 0 Å². The number of esters is 1. The van der Waals surface area contributed by atoms with Gasteiger partial charge in [0.2, 0.25) is 0 Å². The standard InChI is InChI=1S/C14H17I2NO4/c1-21-12(18)5-3-2-4-6-17-14(20)10-7-9(15)8-11(16)13(10)19/h7-8,19H,2-6H2,1H3,(H,17,20). The number of amides is 1. The van der Waals surface area contributed by atoms with Gasteiger partial charge in [0.25, 0.3) is 5.91 Å². The van der Waals surface area contributed by atoms with Crippen LogP contribution in [0.1, 0.15) is 36.0 Å². The number of unbranched alkanes of at least 4 members (excludes halogenated alkanes) is 2. The molecule has 0 radical (unpaired) electrons. The van der Waals surface area contributed by atoms with Crippen LogP contribution >= 0.6 is 45.2 Å². The van der Waals surface area contributed by atoms with E-state index in [1.807, 2.05) is 22.6 Å². The van der Waals surface area contributed by atoms with Crippen molar-refractivity contribution in [1.82, 2.24) is 5.32 Å². The Morgan fingerprint density at radius 2 is 1.95 bits per heavy atom. The highest BCUT2D eigenvalue weighted by Gasteiger charge is 2.14. The summed E-state index contributed by atoms with van der Waals surface area (Å²) in [4.78, 5) is 22.9. The molecule has 0 saturated heterocycles. The van der Waals surface area contributed by atoms with Gasteiger partial charge in [-0.25, -0.2) is 0 Å². The van der Waals surface area contributed by atoms with Gasteiger partial charge in [-0.05, 0) is 70.2 Å². The van der Waals surface area contributed by atoms with Crippen molar-refractivity contribution in [2.45, 2.75) is 25.7 Å². The second-order valence-electron chi connectivity index (χ2n) is 4.43. The summed E-state index contributed by atoms with van der Waals surface area (Å²) >= 11 is 4.10. The predicted molar refractivity (Wildman–Crippen MR) is 96.4 cm³/mol. The molecule has 0 aliphatic rings. The van der Waals surface area contributed by atoms with Crippen molar-refractivity contribution in [3.05, 3.63) is 24.8 Å². The summed E-state index contributed by atoms with van der Waals surface area (Å²) in [6.07, 6.45) is 2.77. The number of ether oxygens (including phenoxy) is 1. The molecule has 1 rings (SSSR count). The van der Waals surface area contributed by atoms with E-state index in [0.717, 1.165) is 22.8 Å². The Labute approximate surface area is 151 Å². The van der Waals surface area contributed by atoms with E-state index >= 15 is 0 Å². The number of phenolic OH excluding ortho intramolecular Hbond substituents is 1. The maximum absolute atomic E-state index is 12.0. The van der Waals surface area contributed by atoms with E-state index < -0.39 is 0 Å². The van der Waals surface area contributed by atoms with E-state index in [4.69, 9.17) is 0 Å². The fraction of sp³-hybridized carbons (Fsp3) is 0.429. The van der Waals surface area contributed by atoms with Crippen molar-refractivity contribution in [1.29, 1.82) is 0 Å². The number of benzene rings is 1. The van der Waals surface area contributed by atoms with Crippen LogP contribution in [0.15, 0.2) is 12.1 Å². The number of carbonyl (C=O) groups excluding carboxylic acids is 2. The van der Waals surface area contributed by atoms with Crippen LogP contribution in [-0.2, 0) is 9.53 Å². The summed E-state index contributed by atoms with van der Waals surface area (Å²) in [6.45, 7) is 0.515. The minimum Gasteiger partial charge on any atom is -0.506 e. The molecule has 5 nitrogen and oxygen atoms in total. The molecule has 0 aliphatic carbocycles. The maximum atomic E-state index is 12.0. The first-order valence-corrected chi connectivity index (χ1v) is 8.64. The van der Waals surface area contributed by atoms with Gasteiger partial charge in [-0.3, -0.25) is 9.59 Å². The molecule has 0 atom stereocenters. The van der Waals surface area contributed by atoms with E-state index in [-0.39, 0.29) is 17.6 Å². The molecular weight excluding hydrogens is 500 g/mol. The number of rotatable bonds is 7. The zero-order chi connectivity index (χ0) is 15.8. The summed E-state index contributed by atoms with van der Waals surface area (Å²) in [5, 5.41) is 12.7. The predicted octanol–water partition coefficient (Wildman–Crippen LogP) is 3.06. The Morgan fingerprint density at radius 1 is 1.24 bits per heavy atom. The van der Waals surface area contributed by atoms with Crippen molar-refractivity contribution in [2.24, 2.45) is 0 Å². The molecule has 0 unspecified atom stereocenters. The fourth-order valence-electron chi connectivity index (χ4n) is 1.71. The highest BCUT2D eigenvalue weighted by Crippen LogP contribution is 2.26. The van der Waals surface area contributed by atoms with Crippen LogP contribution in [0.2, 0.25) is 0 Å². The molecule has 0 saturated carbocycles. The van der Waals surface area contributed by atoms with E-state index in [1.165, 1.54) is 7.11 Å². The zero-order valence-corrected chi connectivity index (χ0v) is 15.9. The second-order valence-corrected chi connectivity index (χ2v) is 6.83. The van der Waals surface area contributed by atoms with Crippen LogP contribution in [0.3, 0.4) is 0 Å². The summed E-state index contributed by atoms with van der Waals surface area (Å²) < 4.78 is 6.11. The molecule has 1 aromatic rings. The van der Waals surface area contributed by atoms with Gasteiger partial charge in [-0.15, -0.1) is 0 Å². The number of halogens is 2. The second kappa shape index (κ2) is 9.44. The van der Waals surface area contributed by atoms with Gasteiger partial charge in [0.1, 0.15) is 5.75 Å². The smallest absolute Gasteiger partial charge is 0.305 e. The van der Waals surface area contributed by atoms with Crippen LogP contribution in [0.5, 0.6) is 5.75 Å². The molecule has 0 spiro atoms. The Hall–Kier alpha value is -0.580. The molecule has 0 fully saturated rings. The number of carbonyl (C=O) groups is 2. The Morgan fingerprint density at radius 3 is 2.62 bits per heavy atom. The van der Waals surface area contributed by atoms with E-state index in [1.54, 1.807) is 12.1 Å². The SMILES string of the molecule is COC(=O)CCCCCNC(=O)c1cc(I)cc(I)c1O. The van der Waals surface area contributed by atoms with Gasteiger partial charge in [0.15, 0.2) is 0 Å². The van der Waals surface area contributed by atoms with Crippen LogP contribution in [0.4, 0.5) is 0 Å². The molecule has 0 aliphatic heterocycles. The number of nitrogens with one attached hydrogen (secondary N) is 1. The highest BCUT2D eigenvalue weighted by atomic mass is 127. The molecule has 21 heavy (non-hydrogen) atoms.